The zero-order valence-electron chi connectivity index (χ0n) is 14.0. The Morgan fingerprint density at radius 1 is 1.15 bits per heavy atom. The third kappa shape index (κ3) is 2.02. The number of esters is 1. The topological polar surface area (TPSA) is 68.3 Å². The molecule has 0 bridgehead atoms. The Bertz CT molecular complexity index is 929. The molecule has 5 nitrogen and oxygen atoms in total. The van der Waals surface area contributed by atoms with Crippen molar-refractivity contribution in [3.63, 3.8) is 0 Å². The van der Waals surface area contributed by atoms with Crippen molar-refractivity contribution in [2.45, 2.75) is 30.3 Å². The minimum Gasteiger partial charge on any atom is -0.448 e. The highest BCUT2D eigenvalue weighted by Crippen LogP contribution is 2.52. The summed E-state index contributed by atoms with van der Waals surface area (Å²) in [5.74, 6) is -0.825. The fourth-order valence-corrected chi connectivity index (χ4v) is 4.31. The lowest BCUT2D eigenvalue weighted by atomic mass is 9.81. The lowest BCUT2D eigenvalue weighted by Crippen LogP contribution is -2.32. The summed E-state index contributed by atoms with van der Waals surface area (Å²) >= 11 is 0. The number of hydrogen-bond donors (Lipinski definition) is 1. The van der Waals surface area contributed by atoms with Crippen molar-refractivity contribution in [2.75, 3.05) is 13.1 Å². The van der Waals surface area contributed by atoms with Gasteiger partial charge in [0.1, 0.15) is 5.82 Å². The molecular weight excluding hydrogens is 335 g/mol. The van der Waals surface area contributed by atoms with Crippen molar-refractivity contribution >= 4 is 11.8 Å². The number of carbonyl (C=O) groups excluding carboxylic acids is 2. The molecule has 1 saturated carbocycles. The number of pyridine rings is 1. The molecule has 0 amide bonds. The van der Waals surface area contributed by atoms with E-state index in [0.29, 0.717) is 36.9 Å². The molecule has 1 aliphatic carbocycles. The standard InChI is InChI=1S/C20H17FN2O3/c21-13-3-1-12(2-4-13)19(6-7-19)17(24)14-5-9-23-16-15(14)20(26-18(16)25)8-10-22-11-20/h1-5,9,22H,6-8,10-11H2/t20-/m0/s1. The first-order valence-electron chi connectivity index (χ1n) is 8.80. The molecule has 3 aliphatic rings. The number of aromatic nitrogens is 1. The number of nitrogens with zero attached hydrogens (tertiary/aromatic N) is 1. The molecule has 1 aromatic heterocycles. The number of rotatable bonds is 3. The van der Waals surface area contributed by atoms with Gasteiger partial charge in [-0.2, -0.15) is 0 Å². The second-order valence-corrected chi connectivity index (χ2v) is 7.31. The Morgan fingerprint density at radius 2 is 1.92 bits per heavy atom. The number of hydrogen-bond acceptors (Lipinski definition) is 5. The molecule has 0 unspecified atom stereocenters. The smallest absolute Gasteiger partial charge is 0.358 e. The SMILES string of the molecule is O=C1O[C@]2(CCNC2)c2c(C(=O)C3(c4ccc(F)cc4)CC3)ccnc21. The van der Waals surface area contributed by atoms with E-state index >= 15 is 0 Å². The minimum atomic E-state index is -0.801. The van der Waals surface area contributed by atoms with Gasteiger partial charge in [-0.25, -0.2) is 14.2 Å². The fourth-order valence-electron chi connectivity index (χ4n) is 4.31. The van der Waals surface area contributed by atoms with Gasteiger partial charge in [0.05, 0.1) is 5.41 Å². The second-order valence-electron chi connectivity index (χ2n) is 7.31. The quantitative estimate of drug-likeness (QED) is 0.679. The minimum absolute atomic E-state index is 0.0349. The summed E-state index contributed by atoms with van der Waals surface area (Å²) in [5.41, 5.74) is 0.749. The first kappa shape index (κ1) is 15.6. The van der Waals surface area contributed by atoms with Gasteiger partial charge in [0.2, 0.25) is 0 Å². The van der Waals surface area contributed by atoms with Crippen molar-refractivity contribution in [1.82, 2.24) is 10.3 Å². The van der Waals surface area contributed by atoms with Crippen molar-refractivity contribution < 1.29 is 18.7 Å². The van der Waals surface area contributed by atoms with E-state index in [9.17, 15) is 14.0 Å². The molecule has 5 rings (SSSR count). The number of Topliss-reactive ketones (excluding diaryl/α,β-unsaturated/α-hetero) is 1. The number of ether oxygens (including phenoxy) is 1. The van der Waals surface area contributed by atoms with E-state index < -0.39 is 17.0 Å². The third-order valence-corrected chi connectivity index (χ3v) is 5.83. The highest BCUT2D eigenvalue weighted by atomic mass is 19.1. The van der Waals surface area contributed by atoms with Gasteiger partial charge in [0.15, 0.2) is 17.1 Å². The summed E-state index contributed by atoms with van der Waals surface area (Å²) in [6.07, 6.45) is 3.56. The van der Waals surface area contributed by atoms with Gasteiger partial charge in [-0.3, -0.25) is 4.79 Å². The van der Waals surface area contributed by atoms with Crippen LogP contribution >= 0.6 is 0 Å². The molecule has 1 saturated heterocycles. The van der Waals surface area contributed by atoms with Crippen LogP contribution in [0.15, 0.2) is 36.5 Å². The zero-order chi connectivity index (χ0) is 17.9. The van der Waals surface area contributed by atoms with Crippen molar-refractivity contribution in [3.8, 4) is 0 Å². The largest absolute Gasteiger partial charge is 0.448 e. The van der Waals surface area contributed by atoms with E-state index in [1.165, 1.54) is 18.3 Å². The number of carbonyl (C=O) groups is 2. The molecule has 26 heavy (non-hydrogen) atoms. The molecule has 1 spiro atoms. The van der Waals surface area contributed by atoms with E-state index in [1.54, 1.807) is 18.2 Å². The first-order valence-corrected chi connectivity index (χ1v) is 8.80. The van der Waals surface area contributed by atoms with Crippen LogP contribution in [0.25, 0.3) is 0 Å². The Kier molecular flexibility index (Phi) is 3.13. The molecule has 0 radical (unpaired) electrons. The van der Waals surface area contributed by atoms with E-state index in [0.717, 1.165) is 12.1 Å². The Hall–Kier alpha value is -2.60. The van der Waals surface area contributed by atoms with Gasteiger partial charge in [-0.15, -0.1) is 0 Å². The molecule has 3 heterocycles. The highest BCUT2D eigenvalue weighted by molar-refractivity contribution is 6.09. The van der Waals surface area contributed by atoms with Crippen LogP contribution in [0.1, 0.15) is 51.2 Å². The predicted octanol–water partition coefficient (Wildman–Crippen LogP) is 2.49. The summed E-state index contributed by atoms with van der Waals surface area (Å²) in [7, 11) is 0. The molecule has 2 aromatic rings. The van der Waals surface area contributed by atoms with Crippen molar-refractivity contribution in [3.05, 3.63) is 64.7 Å². The summed E-state index contributed by atoms with van der Waals surface area (Å²) in [4.78, 5) is 30.0. The molecular formula is C20H17FN2O3. The van der Waals surface area contributed by atoms with Crippen LogP contribution in [0.2, 0.25) is 0 Å². The fraction of sp³-hybridized carbons (Fsp3) is 0.350. The monoisotopic (exact) mass is 352 g/mol. The van der Waals surface area contributed by atoms with Gasteiger partial charge in [0, 0.05) is 30.3 Å². The number of nitrogens with one attached hydrogen (secondary N) is 1. The number of halogens is 1. The van der Waals surface area contributed by atoms with Crippen LogP contribution < -0.4 is 5.32 Å². The van der Waals surface area contributed by atoms with Crippen LogP contribution in [0.4, 0.5) is 4.39 Å². The number of ketones is 1. The predicted molar refractivity (Wildman–Crippen MR) is 90.5 cm³/mol. The number of benzene rings is 1. The maximum Gasteiger partial charge on any atom is 0.358 e. The van der Waals surface area contributed by atoms with Crippen molar-refractivity contribution in [1.29, 1.82) is 0 Å². The average molecular weight is 352 g/mol. The lowest BCUT2D eigenvalue weighted by Gasteiger charge is -2.25. The Labute approximate surface area is 149 Å². The maximum atomic E-state index is 13.5. The molecule has 1 atom stereocenters. The van der Waals surface area contributed by atoms with Gasteiger partial charge in [0.25, 0.3) is 0 Å². The second kappa shape index (κ2) is 5.20. The Balaban J connectivity index is 1.63. The van der Waals surface area contributed by atoms with E-state index in [-0.39, 0.29) is 17.3 Å². The normalized spacial score (nSPS) is 25.2. The molecule has 132 valence electrons. The summed E-state index contributed by atoms with van der Waals surface area (Å²) in [6, 6.07) is 7.81. The highest BCUT2D eigenvalue weighted by Gasteiger charge is 2.56. The number of fused-ring (bicyclic) bond motifs is 2. The molecule has 1 N–H and O–H groups in total. The average Bonchev–Trinajstić information content (AvgIpc) is 3.25. The van der Waals surface area contributed by atoms with Crippen LogP contribution in [0, 0.1) is 5.82 Å². The van der Waals surface area contributed by atoms with E-state index in [1.807, 2.05) is 0 Å². The molecule has 6 heteroatoms. The maximum absolute atomic E-state index is 13.5. The van der Waals surface area contributed by atoms with Crippen molar-refractivity contribution in [2.24, 2.45) is 0 Å². The molecule has 1 aromatic carbocycles. The van der Waals surface area contributed by atoms with Gasteiger partial charge in [-0.05, 0) is 43.1 Å². The zero-order valence-corrected chi connectivity index (χ0v) is 14.0. The van der Waals surface area contributed by atoms with Gasteiger partial charge in [-0.1, -0.05) is 12.1 Å². The Morgan fingerprint density at radius 3 is 2.58 bits per heavy atom. The van der Waals surface area contributed by atoms with E-state index in [2.05, 4.69) is 10.3 Å². The van der Waals surface area contributed by atoms with Crippen LogP contribution in [0.5, 0.6) is 0 Å². The third-order valence-electron chi connectivity index (χ3n) is 5.83. The molecule has 2 fully saturated rings. The van der Waals surface area contributed by atoms with E-state index in [4.69, 9.17) is 4.74 Å². The summed E-state index contributed by atoms with van der Waals surface area (Å²) in [5, 5.41) is 3.22. The lowest BCUT2D eigenvalue weighted by molar-refractivity contribution is 0.00115. The summed E-state index contributed by atoms with van der Waals surface area (Å²) in [6.45, 7) is 1.21. The van der Waals surface area contributed by atoms with Crippen LogP contribution in [-0.4, -0.2) is 29.8 Å². The van der Waals surface area contributed by atoms with Crippen LogP contribution in [-0.2, 0) is 15.8 Å². The van der Waals surface area contributed by atoms with Crippen LogP contribution in [0.3, 0.4) is 0 Å². The van der Waals surface area contributed by atoms with Gasteiger partial charge >= 0.3 is 5.97 Å². The summed E-state index contributed by atoms with van der Waals surface area (Å²) < 4.78 is 18.9. The first-order chi connectivity index (χ1) is 12.6. The molecule has 2 aliphatic heterocycles. The van der Waals surface area contributed by atoms with Gasteiger partial charge < -0.3 is 10.1 Å².